The van der Waals surface area contributed by atoms with Gasteiger partial charge in [-0.2, -0.15) is 5.26 Å². The number of aromatic nitrogens is 1. The van der Waals surface area contributed by atoms with Crippen molar-refractivity contribution in [3.05, 3.63) is 22.4 Å². The Hall–Kier alpha value is -1.54. The third-order valence-corrected chi connectivity index (χ3v) is 5.58. The molecule has 0 unspecified atom stereocenters. The van der Waals surface area contributed by atoms with Crippen LogP contribution >= 0.6 is 11.8 Å². The van der Waals surface area contributed by atoms with Crippen LogP contribution in [-0.2, 0) is 17.6 Å². The molecule has 0 radical (unpaired) electrons. The van der Waals surface area contributed by atoms with E-state index in [0.29, 0.717) is 11.3 Å². The number of fused-ring (bicyclic) bond motifs is 1. The molecule has 116 valence electrons. The van der Waals surface area contributed by atoms with E-state index >= 15 is 0 Å². The molecule has 1 aliphatic heterocycles. The zero-order valence-electron chi connectivity index (χ0n) is 13.0. The van der Waals surface area contributed by atoms with Crippen molar-refractivity contribution in [3.63, 3.8) is 0 Å². The van der Waals surface area contributed by atoms with E-state index in [4.69, 9.17) is 0 Å². The van der Waals surface area contributed by atoms with Crippen molar-refractivity contribution < 1.29 is 4.79 Å². The van der Waals surface area contributed by atoms with Crippen LogP contribution in [0.2, 0.25) is 0 Å². The molecule has 1 aromatic heterocycles. The van der Waals surface area contributed by atoms with Crippen LogP contribution in [0.25, 0.3) is 0 Å². The van der Waals surface area contributed by atoms with Gasteiger partial charge in [0.05, 0.1) is 11.3 Å². The molecule has 22 heavy (non-hydrogen) atoms. The SMILES string of the molecule is Cc1c(C#N)c(SCC(=O)N2CCCCC2)nc2c1CCC2. The maximum absolute atomic E-state index is 12.3. The summed E-state index contributed by atoms with van der Waals surface area (Å²) in [4.78, 5) is 18.9. The summed E-state index contributed by atoms with van der Waals surface area (Å²) in [6.07, 6.45) is 6.58. The topological polar surface area (TPSA) is 57.0 Å². The molecule has 0 aromatic carbocycles. The van der Waals surface area contributed by atoms with Gasteiger partial charge in [-0.1, -0.05) is 11.8 Å². The van der Waals surface area contributed by atoms with Crippen molar-refractivity contribution in [1.29, 1.82) is 5.26 Å². The Morgan fingerprint density at radius 2 is 2.05 bits per heavy atom. The number of rotatable bonds is 3. The standard InChI is InChI=1S/C17H21N3OS/c1-12-13-6-5-7-15(13)19-17(14(12)10-18)22-11-16(21)20-8-3-2-4-9-20/h2-9,11H2,1H3. The molecule has 4 nitrogen and oxygen atoms in total. The molecular formula is C17H21N3OS. The first kappa shape index (κ1) is 15.4. The second-order valence-corrected chi connectivity index (χ2v) is 7.00. The number of hydrogen-bond donors (Lipinski definition) is 0. The lowest BCUT2D eigenvalue weighted by atomic mass is 10.0. The Bertz CT molecular complexity index is 630. The number of carbonyl (C=O) groups excluding carboxylic acids is 1. The van der Waals surface area contributed by atoms with Gasteiger partial charge >= 0.3 is 0 Å². The highest BCUT2D eigenvalue weighted by atomic mass is 32.2. The maximum Gasteiger partial charge on any atom is 0.232 e. The molecule has 0 atom stereocenters. The van der Waals surface area contributed by atoms with Gasteiger partial charge in [-0.25, -0.2) is 4.98 Å². The third-order valence-electron chi connectivity index (χ3n) is 4.62. The van der Waals surface area contributed by atoms with Crippen LogP contribution < -0.4 is 0 Å². The summed E-state index contributed by atoms with van der Waals surface area (Å²) >= 11 is 1.43. The number of carbonyl (C=O) groups is 1. The molecule has 1 fully saturated rings. The van der Waals surface area contributed by atoms with E-state index in [1.807, 2.05) is 11.8 Å². The van der Waals surface area contributed by atoms with Crippen molar-refractivity contribution in [2.45, 2.75) is 50.5 Å². The number of nitriles is 1. The minimum absolute atomic E-state index is 0.175. The van der Waals surface area contributed by atoms with Crippen LogP contribution in [0.1, 0.15) is 48.1 Å². The fraction of sp³-hybridized carbons (Fsp3) is 0.588. The minimum Gasteiger partial charge on any atom is -0.342 e. The van der Waals surface area contributed by atoms with Crippen molar-refractivity contribution in [2.75, 3.05) is 18.8 Å². The van der Waals surface area contributed by atoms with Crippen molar-refractivity contribution in [2.24, 2.45) is 0 Å². The lowest BCUT2D eigenvalue weighted by Crippen LogP contribution is -2.36. The summed E-state index contributed by atoms with van der Waals surface area (Å²) in [5.41, 5.74) is 4.11. The van der Waals surface area contributed by atoms with Crippen LogP contribution in [0, 0.1) is 18.3 Å². The van der Waals surface area contributed by atoms with E-state index < -0.39 is 0 Å². The average molecular weight is 315 g/mol. The summed E-state index contributed by atoms with van der Waals surface area (Å²) in [5, 5.41) is 10.2. The molecule has 5 heteroatoms. The highest BCUT2D eigenvalue weighted by Crippen LogP contribution is 2.31. The summed E-state index contributed by atoms with van der Waals surface area (Å²) in [5.74, 6) is 0.563. The van der Waals surface area contributed by atoms with Gasteiger partial charge in [0, 0.05) is 18.8 Å². The molecule has 1 aromatic rings. The fourth-order valence-corrected chi connectivity index (χ4v) is 4.31. The molecule has 0 saturated carbocycles. The van der Waals surface area contributed by atoms with Crippen LogP contribution in [0.3, 0.4) is 0 Å². The Kier molecular flexibility index (Phi) is 4.68. The van der Waals surface area contributed by atoms with Gasteiger partial charge in [0.15, 0.2) is 0 Å². The van der Waals surface area contributed by atoms with Crippen molar-refractivity contribution in [1.82, 2.24) is 9.88 Å². The molecule has 0 spiro atoms. The minimum atomic E-state index is 0.175. The predicted molar refractivity (Wildman–Crippen MR) is 86.9 cm³/mol. The number of likely N-dealkylation sites (tertiary alicyclic amines) is 1. The summed E-state index contributed by atoms with van der Waals surface area (Å²) in [6.45, 7) is 3.77. The van der Waals surface area contributed by atoms with E-state index in [2.05, 4.69) is 11.1 Å². The number of aryl methyl sites for hydroxylation is 1. The van der Waals surface area contributed by atoms with Crippen molar-refractivity contribution in [3.8, 4) is 6.07 Å². The van der Waals surface area contributed by atoms with Gasteiger partial charge < -0.3 is 4.90 Å². The Labute approximate surface area is 135 Å². The van der Waals surface area contributed by atoms with E-state index in [-0.39, 0.29) is 5.91 Å². The Morgan fingerprint density at radius 1 is 1.27 bits per heavy atom. The lowest BCUT2D eigenvalue weighted by Gasteiger charge is -2.26. The summed E-state index contributed by atoms with van der Waals surface area (Å²) in [6, 6.07) is 2.29. The number of piperidine rings is 1. The highest BCUT2D eigenvalue weighted by Gasteiger charge is 2.22. The number of amides is 1. The zero-order valence-corrected chi connectivity index (χ0v) is 13.8. The van der Waals surface area contributed by atoms with Gasteiger partial charge in [-0.15, -0.1) is 0 Å². The van der Waals surface area contributed by atoms with Crippen LogP contribution in [0.5, 0.6) is 0 Å². The van der Waals surface area contributed by atoms with E-state index in [0.717, 1.165) is 61.5 Å². The first-order chi connectivity index (χ1) is 10.7. The lowest BCUT2D eigenvalue weighted by molar-refractivity contribution is -0.129. The van der Waals surface area contributed by atoms with Gasteiger partial charge in [0.2, 0.25) is 5.91 Å². The molecule has 2 heterocycles. The largest absolute Gasteiger partial charge is 0.342 e. The second-order valence-electron chi connectivity index (χ2n) is 6.04. The molecule has 3 rings (SSSR count). The first-order valence-corrected chi connectivity index (χ1v) is 9.02. The smallest absolute Gasteiger partial charge is 0.232 e. The van der Waals surface area contributed by atoms with Gasteiger partial charge in [0.25, 0.3) is 0 Å². The van der Waals surface area contributed by atoms with E-state index in [1.54, 1.807) is 0 Å². The molecular weight excluding hydrogens is 294 g/mol. The zero-order chi connectivity index (χ0) is 15.5. The van der Waals surface area contributed by atoms with Gasteiger partial charge in [-0.3, -0.25) is 4.79 Å². The molecule has 1 amide bonds. The molecule has 1 aliphatic carbocycles. The second kappa shape index (κ2) is 6.70. The van der Waals surface area contributed by atoms with Crippen LogP contribution in [0.4, 0.5) is 0 Å². The van der Waals surface area contributed by atoms with Gasteiger partial charge in [0.1, 0.15) is 11.1 Å². The Balaban J connectivity index is 1.74. The van der Waals surface area contributed by atoms with Crippen LogP contribution in [0.15, 0.2) is 5.03 Å². The van der Waals surface area contributed by atoms with E-state index in [1.165, 1.54) is 23.7 Å². The number of pyridine rings is 1. The molecule has 0 bridgehead atoms. The summed E-state index contributed by atoms with van der Waals surface area (Å²) in [7, 11) is 0. The predicted octanol–water partition coefficient (Wildman–Crippen LogP) is 2.86. The third kappa shape index (κ3) is 2.98. The Morgan fingerprint density at radius 3 is 2.77 bits per heavy atom. The number of thioether (sulfide) groups is 1. The molecule has 1 saturated heterocycles. The number of hydrogen-bond acceptors (Lipinski definition) is 4. The van der Waals surface area contributed by atoms with Crippen molar-refractivity contribution >= 4 is 17.7 Å². The fourth-order valence-electron chi connectivity index (χ4n) is 3.35. The highest BCUT2D eigenvalue weighted by molar-refractivity contribution is 8.00. The first-order valence-electron chi connectivity index (χ1n) is 8.03. The van der Waals surface area contributed by atoms with Gasteiger partial charge in [-0.05, 0) is 56.6 Å². The number of nitrogens with zero attached hydrogens (tertiary/aromatic N) is 3. The summed E-state index contributed by atoms with van der Waals surface area (Å²) < 4.78 is 0. The van der Waals surface area contributed by atoms with Crippen LogP contribution in [-0.4, -0.2) is 34.6 Å². The average Bonchev–Trinajstić information content (AvgIpc) is 3.02. The maximum atomic E-state index is 12.3. The molecule has 0 N–H and O–H groups in total. The quantitative estimate of drug-likeness (QED) is 0.805. The monoisotopic (exact) mass is 315 g/mol. The molecule has 2 aliphatic rings. The normalized spacial score (nSPS) is 17.2. The van der Waals surface area contributed by atoms with E-state index in [9.17, 15) is 10.1 Å².